The number of alkyl halides is 2. The van der Waals surface area contributed by atoms with Crippen LogP contribution in [-0.2, 0) is 16.0 Å². The van der Waals surface area contributed by atoms with Gasteiger partial charge in [-0.05, 0) is 37.0 Å². The lowest BCUT2D eigenvalue weighted by atomic mass is 9.93. The van der Waals surface area contributed by atoms with Gasteiger partial charge >= 0.3 is 12.6 Å². The van der Waals surface area contributed by atoms with Crippen molar-refractivity contribution in [3.8, 4) is 11.5 Å². The highest BCUT2D eigenvalue weighted by molar-refractivity contribution is 6.08. The van der Waals surface area contributed by atoms with Crippen molar-refractivity contribution in [2.24, 2.45) is 0 Å². The summed E-state index contributed by atoms with van der Waals surface area (Å²) < 4.78 is 34.4. The third-order valence-electron chi connectivity index (χ3n) is 4.93. The molecule has 1 aliphatic rings. The van der Waals surface area contributed by atoms with Gasteiger partial charge in [-0.2, -0.15) is 8.78 Å². The Labute approximate surface area is 167 Å². The van der Waals surface area contributed by atoms with Crippen LogP contribution in [0.1, 0.15) is 32.3 Å². The number of methoxy groups -OCH3 is 1. The zero-order valence-corrected chi connectivity index (χ0v) is 16.6. The fraction of sp³-hybridized carbons (Fsp3) is 0.526. The van der Waals surface area contributed by atoms with Crippen LogP contribution >= 0.6 is 0 Å². The molecule has 0 spiro atoms. The molecular formula is C19H25F2N3O5. The van der Waals surface area contributed by atoms with E-state index in [-0.39, 0.29) is 24.6 Å². The van der Waals surface area contributed by atoms with Crippen molar-refractivity contribution >= 4 is 17.8 Å². The molecule has 160 valence electrons. The molecule has 2 rings (SSSR count). The molecule has 2 N–H and O–H groups in total. The number of imide groups is 1. The second kappa shape index (κ2) is 9.53. The molecule has 8 nitrogen and oxygen atoms in total. The quantitative estimate of drug-likeness (QED) is 0.573. The number of carbonyl (C=O) groups excluding carboxylic acids is 3. The molecule has 1 saturated heterocycles. The fourth-order valence-corrected chi connectivity index (χ4v) is 3.16. The van der Waals surface area contributed by atoms with E-state index in [0.717, 1.165) is 4.90 Å². The van der Waals surface area contributed by atoms with E-state index in [2.05, 4.69) is 15.4 Å². The third kappa shape index (κ3) is 5.12. The number of hydrogen-bond donors (Lipinski definition) is 2. The van der Waals surface area contributed by atoms with Crippen molar-refractivity contribution < 1.29 is 32.6 Å². The van der Waals surface area contributed by atoms with Gasteiger partial charge in [0.15, 0.2) is 11.5 Å². The maximum atomic E-state index is 12.5. The number of nitrogens with one attached hydrogen (secondary N) is 2. The van der Waals surface area contributed by atoms with Crippen LogP contribution in [0.25, 0.3) is 0 Å². The van der Waals surface area contributed by atoms with Gasteiger partial charge in [0.2, 0.25) is 5.91 Å². The van der Waals surface area contributed by atoms with Crippen molar-refractivity contribution in [3.05, 3.63) is 23.8 Å². The van der Waals surface area contributed by atoms with Crippen LogP contribution in [0.3, 0.4) is 0 Å². The van der Waals surface area contributed by atoms with Crippen LogP contribution in [-0.4, -0.2) is 55.1 Å². The summed E-state index contributed by atoms with van der Waals surface area (Å²) in [5.41, 5.74) is -0.311. The Kier molecular flexibility index (Phi) is 7.35. The lowest BCUT2D eigenvalue weighted by Gasteiger charge is -2.23. The number of urea groups is 1. The molecule has 10 heteroatoms. The number of benzene rings is 1. The number of nitrogens with zero attached hydrogens (tertiary/aromatic N) is 1. The second-order valence-electron chi connectivity index (χ2n) is 6.57. The van der Waals surface area contributed by atoms with Gasteiger partial charge in [-0.3, -0.25) is 14.5 Å². The fourth-order valence-electron chi connectivity index (χ4n) is 3.16. The Hall–Kier alpha value is -2.91. The van der Waals surface area contributed by atoms with Crippen molar-refractivity contribution in [1.82, 2.24) is 15.5 Å². The molecule has 1 fully saturated rings. The number of carbonyl (C=O) groups is 3. The van der Waals surface area contributed by atoms with Crippen molar-refractivity contribution in [2.75, 3.05) is 20.2 Å². The standard InChI is InChI=1S/C19H25F2N3O5/c1-4-19(5-2)16(26)24(18(27)23-19)11-15(25)22-9-8-12-6-7-13(28-3)14(10-12)29-17(20)21/h6-7,10,17H,4-5,8-9,11H2,1-3H3,(H,22,25)(H,23,27). The molecule has 29 heavy (non-hydrogen) atoms. The first-order valence-corrected chi connectivity index (χ1v) is 9.28. The molecule has 0 aromatic heterocycles. The SMILES string of the molecule is CCC1(CC)NC(=O)N(CC(=O)NCCc2ccc(OC)c(OC(F)F)c2)C1=O. The van der Waals surface area contributed by atoms with E-state index >= 15 is 0 Å². The van der Waals surface area contributed by atoms with Crippen molar-refractivity contribution in [3.63, 3.8) is 0 Å². The first-order chi connectivity index (χ1) is 13.8. The molecule has 0 atom stereocenters. The zero-order valence-electron chi connectivity index (χ0n) is 16.6. The van der Waals surface area contributed by atoms with Crippen molar-refractivity contribution in [1.29, 1.82) is 0 Å². The summed E-state index contributed by atoms with van der Waals surface area (Å²) in [6.45, 7) is 0.421. The number of rotatable bonds is 10. The summed E-state index contributed by atoms with van der Waals surface area (Å²) in [4.78, 5) is 37.6. The van der Waals surface area contributed by atoms with Crippen molar-refractivity contribution in [2.45, 2.75) is 45.3 Å². The van der Waals surface area contributed by atoms with E-state index in [9.17, 15) is 23.2 Å². The predicted molar refractivity (Wildman–Crippen MR) is 99.9 cm³/mol. The number of halogens is 2. The lowest BCUT2D eigenvalue weighted by Crippen LogP contribution is -2.46. The molecular weight excluding hydrogens is 388 g/mol. The van der Waals surface area contributed by atoms with Crippen LogP contribution in [0.15, 0.2) is 18.2 Å². The van der Waals surface area contributed by atoms with E-state index in [1.807, 2.05) is 0 Å². The topological polar surface area (TPSA) is 97.0 Å². The van der Waals surface area contributed by atoms with Crippen LogP contribution < -0.4 is 20.1 Å². The summed E-state index contributed by atoms with van der Waals surface area (Å²) in [5, 5.41) is 5.28. The maximum Gasteiger partial charge on any atom is 0.387 e. The van der Waals surface area contributed by atoms with Gasteiger partial charge in [0.1, 0.15) is 12.1 Å². The molecule has 1 aromatic carbocycles. The second-order valence-corrected chi connectivity index (χ2v) is 6.57. The molecule has 4 amide bonds. The maximum absolute atomic E-state index is 12.5. The highest BCUT2D eigenvalue weighted by atomic mass is 19.3. The average Bonchev–Trinajstić information content (AvgIpc) is 2.92. The van der Waals surface area contributed by atoms with Crippen LogP contribution in [0.2, 0.25) is 0 Å². The van der Waals surface area contributed by atoms with Gasteiger partial charge < -0.3 is 20.1 Å². The predicted octanol–water partition coefficient (Wildman–Crippen LogP) is 2.07. The highest BCUT2D eigenvalue weighted by Gasteiger charge is 2.49. The third-order valence-corrected chi connectivity index (χ3v) is 4.93. The zero-order chi connectivity index (χ0) is 21.6. The molecule has 1 aromatic rings. The molecule has 0 radical (unpaired) electrons. The number of amides is 4. The Morgan fingerprint density at radius 3 is 2.48 bits per heavy atom. The smallest absolute Gasteiger partial charge is 0.387 e. The van der Waals surface area contributed by atoms with E-state index in [4.69, 9.17) is 4.74 Å². The summed E-state index contributed by atoms with van der Waals surface area (Å²) in [5.74, 6) is -0.825. The van der Waals surface area contributed by atoms with Crippen LogP contribution in [0.4, 0.5) is 13.6 Å². The van der Waals surface area contributed by atoms with E-state index in [0.29, 0.717) is 24.8 Å². The average molecular weight is 413 g/mol. The molecule has 1 aliphatic heterocycles. The van der Waals surface area contributed by atoms with Gasteiger partial charge in [-0.25, -0.2) is 4.79 Å². The largest absolute Gasteiger partial charge is 0.493 e. The molecule has 0 saturated carbocycles. The Morgan fingerprint density at radius 2 is 1.93 bits per heavy atom. The minimum Gasteiger partial charge on any atom is -0.493 e. The lowest BCUT2D eigenvalue weighted by molar-refractivity contribution is -0.135. The summed E-state index contributed by atoms with van der Waals surface area (Å²) in [6.07, 6.45) is 1.21. The van der Waals surface area contributed by atoms with E-state index in [1.54, 1.807) is 19.9 Å². The molecule has 0 bridgehead atoms. The molecule has 1 heterocycles. The highest BCUT2D eigenvalue weighted by Crippen LogP contribution is 2.29. The molecule has 0 aliphatic carbocycles. The minimum absolute atomic E-state index is 0.0962. The Bertz CT molecular complexity index is 768. The first kappa shape index (κ1) is 22.4. The minimum atomic E-state index is -2.98. The van der Waals surface area contributed by atoms with Gasteiger partial charge in [0.05, 0.1) is 7.11 Å². The monoisotopic (exact) mass is 413 g/mol. The number of hydrogen-bond acceptors (Lipinski definition) is 5. The number of ether oxygens (including phenoxy) is 2. The summed E-state index contributed by atoms with van der Waals surface area (Å²) in [6, 6.07) is 3.98. The first-order valence-electron chi connectivity index (χ1n) is 9.28. The molecule has 0 unspecified atom stereocenters. The Morgan fingerprint density at radius 1 is 1.24 bits per heavy atom. The van der Waals surface area contributed by atoms with E-state index in [1.165, 1.54) is 19.2 Å². The van der Waals surface area contributed by atoms with Gasteiger partial charge in [0.25, 0.3) is 5.91 Å². The van der Waals surface area contributed by atoms with E-state index < -0.39 is 30.0 Å². The summed E-state index contributed by atoms with van der Waals surface area (Å²) in [7, 11) is 1.34. The van der Waals surface area contributed by atoms with Gasteiger partial charge in [0, 0.05) is 6.54 Å². The van der Waals surface area contributed by atoms with Gasteiger partial charge in [-0.1, -0.05) is 19.9 Å². The normalized spacial score (nSPS) is 15.4. The van der Waals surface area contributed by atoms with Gasteiger partial charge in [-0.15, -0.1) is 0 Å². The van der Waals surface area contributed by atoms with Crippen LogP contribution in [0.5, 0.6) is 11.5 Å². The summed E-state index contributed by atoms with van der Waals surface area (Å²) >= 11 is 0. The Balaban J connectivity index is 1.90. The van der Waals surface area contributed by atoms with Crippen LogP contribution in [0, 0.1) is 0 Å².